The molecule has 0 atom stereocenters. The number of carboxylic acids is 1. The van der Waals surface area contributed by atoms with Crippen LogP contribution in [0.1, 0.15) is 14.5 Å². The number of carbonyl (C=O) groups is 1. The number of thiophene rings is 1. The summed E-state index contributed by atoms with van der Waals surface area (Å²) in [5, 5.41) is 17.4. The Balaban J connectivity index is 3.15. The molecule has 0 unspecified atom stereocenters. The van der Waals surface area contributed by atoms with Crippen LogP contribution < -0.4 is 0 Å². The molecule has 1 rings (SSSR count). The van der Waals surface area contributed by atoms with E-state index in [1.165, 1.54) is 6.07 Å². The van der Waals surface area contributed by atoms with Crippen LogP contribution in [-0.4, -0.2) is 16.2 Å². The molecule has 0 aliphatic heterocycles. The number of rotatable bonds is 1. The molecule has 1 heterocycles. The van der Waals surface area contributed by atoms with E-state index < -0.39 is 5.97 Å². The maximum Gasteiger partial charge on any atom is 0.349 e. The summed E-state index contributed by atoms with van der Waals surface area (Å²) >= 11 is 1.07. The van der Waals surface area contributed by atoms with Gasteiger partial charge in [-0.25, -0.2) is 4.79 Å². The van der Waals surface area contributed by atoms with Gasteiger partial charge < -0.3 is 10.2 Å². The molecule has 0 aromatic carbocycles. The molecule has 0 saturated heterocycles. The fourth-order valence-electron chi connectivity index (χ4n) is 0.654. The number of aromatic hydroxyl groups is 1. The van der Waals surface area contributed by atoms with Crippen molar-refractivity contribution in [3.63, 3.8) is 0 Å². The van der Waals surface area contributed by atoms with E-state index in [4.69, 9.17) is 10.2 Å². The highest BCUT2D eigenvalue weighted by atomic mass is 32.1. The normalized spacial score (nSPS) is 9.70. The topological polar surface area (TPSA) is 57.5 Å². The van der Waals surface area contributed by atoms with Crippen molar-refractivity contribution in [2.24, 2.45) is 0 Å². The van der Waals surface area contributed by atoms with E-state index >= 15 is 0 Å². The lowest BCUT2D eigenvalue weighted by Gasteiger charge is -1.85. The average Bonchev–Trinajstić information content (AvgIpc) is 2.10. The Labute approximate surface area is 61.6 Å². The van der Waals surface area contributed by atoms with E-state index in [0.717, 1.165) is 16.2 Å². The first-order valence-electron chi connectivity index (χ1n) is 2.64. The summed E-state index contributed by atoms with van der Waals surface area (Å²) in [4.78, 5) is 11.1. The van der Waals surface area contributed by atoms with Crippen molar-refractivity contribution >= 4 is 17.3 Å². The second-order valence-corrected chi connectivity index (χ2v) is 3.13. The van der Waals surface area contributed by atoms with Crippen molar-refractivity contribution in [2.75, 3.05) is 0 Å². The predicted molar refractivity (Wildman–Crippen MR) is 37.7 cm³/mol. The second kappa shape index (κ2) is 2.30. The van der Waals surface area contributed by atoms with Crippen LogP contribution in [0, 0.1) is 6.92 Å². The van der Waals surface area contributed by atoms with Gasteiger partial charge in [-0.2, -0.15) is 0 Å². The molecule has 0 amide bonds. The minimum Gasteiger partial charge on any atom is -0.506 e. The molecule has 1 aromatic rings. The Kier molecular flexibility index (Phi) is 1.63. The van der Waals surface area contributed by atoms with Crippen molar-refractivity contribution in [3.05, 3.63) is 15.8 Å². The van der Waals surface area contributed by atoms with Crippen LogP contribution in [0.2, 0.25) is 0 Å². The van der Waals surface area contributed by atoms with Crippen molar-refractivity contribution in [2.45, 2.75) is 6.92 Å². The van der Waals surface area contributed by atoms with Gasteiger partial charge in [0.05, 0.1) is 0 Å². The van der Waals surface area contributed by atoms with Gasteiger partial charge in [0, 0.05) is 4.88 Å². The van der Waals surface area contributed by atoms with Gasteiger partial charge in [-0.1, -0.05) is 0 Å². The van der Waals surface area contributed by atoms with Gasteiger partial charge in [0.15, 0.2) is 4.88 Å². The van der Waals surface area contributed by atoms with Crippen molar-refractivity contribution in [1.29, 1.82) is 0 Å². The Morgan fingerprint density at radius 1 is 1.70 bits per heavy atom. The molecule has 54 valence electrons. The molecular weight excluding hydrogens is 152 g/mol. The summed E-state index contributed by atoms with van der Waals surface area (Å²) < 4.78 is 0. The molecule has 4 heteroatoms. The molecule has 0 aliphatic carbocycles. The van der Waals surface area contributed by atoms with E-state index in [1.807, 2.05) is 0 Å². The minimum absolute atomic E-state index is 0.0116. The summed E-state index contributed by atoms with van der Waals surface area (Å²) in [5.74, 6) is -1.22. The third-order valence-electron chi connectivity index (χ3n) is 1.03. The molecule has 3 nitrogen and oxygen atoms in total. The molecule has 0 aliphatic rings. The van der Waals surface area contributed by atoms with Gasteiger partial charge in [0.1, 0.15) is 5.75 Å². The van der Waals surface area contributed by atoms with Crippen LogP contribution >= 0.6 is 11.3 Å². The van der Waals surface area contributed by atoms with Crippen LogP contribution in [0.5, 0.6) is 5.75 Å². The summed E-state index contributed by atoms with van der Waals surface area (Å²) in [6, 6.07) is 1.44. The van der Waals surface area contributed by atoms with Gasteiger partial charge in [-0.05, 0) is 13.0 Å². The largest absolute Gasteiger partial charge is 0.506 e. The van der Waals surface area contributed by atoms with E-state index in [-0.39, 0.29) is 10.6 Å². The fraction of sp³-hybridized carbons (Fsp3) is 0.167. The lowest BCUT2D eigenvalue weighted by Crippen LogP contribution is -1.90. The molecule has 10 heavy (non-hydrogen) atoms. The fourth-order valence-corrected chi connectivity index (χ4v) is 1.40. The Hall–Kier alpha value is -1.03. The predicted octanol–water partition coefficient (Wildman–Crippen LogP) is 1.46. The molecule has 0 fully saturated rings. The SMILES string of the molecule is Cc1cc(O)c(C(=O)O)s1. The Morgan fingerprint density at radius 3 is 2.50 bits per heavy atom. The maximum atomic E-state index is 10.3. The summed E-state index contributed by atoms with van der Waals surface area (Å²) in [5.41, 5.74) is 0. The standard InChI is InChI=1S/C6H6O3S/c1-3-2-4(7)5(10-3)6(8)9/h2,7H,1H3,(H,8,9). The molecule has 0 radical (unpaired) electrons. The molecule has 0 bridgehead atoms. The third-order valence-corrected chi connectivity index (χ3v) is 2.06. The first-order chi connectivity index (χ1) is 4.61. The summed E-state index contributed by atoms with van der Waals surface area (Å²) in [6.45, 7) is 1.75. The highest BCUT2D eigenvalue weighted by Gasteiger charge is 2.11. The van der Waals surface area contributed by atoms with Crippen LogP contribution in [-0.2, 0) is 0 Å². The maximum absolute atomic E-state index is 10.3. The van der Waals surface area contributed by atoms with Gasteiger partial charge >= 0.3 is 5.97 Å². The van der Waals surface area contributed by atoms with Crippen molar-refractivity contribution in [3.8, 4) is 5.75 Å². The van der Waals surface area contributed by atoms with Gasteiger partial charge in [-0.3, -0.25) is 0 Å². The molecule has 2 N–H and O–H groups in total. The van der Waals surface area contributed by atoms with E-state index in [1.54, 1.807) is 6.92 Å². The monoisotopic (exact) mass is 158 g/mol. The summed E-state index contributed by atoms with van der Waals surface area (Å²) in [6.07, 6.45) is 0. The van der Waals surface area contributed by atoms with Crippen molar-refractivity contribution in [1.82, 2.24) is 0 Å². The zero-order valence-corrected chi connectivity index (χ0v) is 6.10. The van der Waals surface area contributed by atoms with Gasteiger partial charge in [0.25, 0.3) is 0 Å². The molecule has 0 spiro atoms. The van der Waals surface area contributed by atoms with Crippen LogP contribution in [0.25, 0.3) is 0 Å². The minimum atomic E-state index is -1.07. The van der Waals surface area contributed by atoms with Gasteiger partial charge in [0.2, 0.25) is 0 Å². The number of carboxylic acid groups (broad SMARTS) is 1. The second-order valence-electron chi connectivity index (χ2n) is 1.88. The average molecular weight is 158 g/mol. The molecule has 1 aromatic heterocycles. The molecule has 0 saturated carbocycles. The third kappa shape index (κ3) is 1.11. The lowest BCUT2D eigenvalue weighted by atomic mass is 10.4. The Morgan fingerprint density at radius 2 is 2.30 bits per heavy atom. The number of aromatic carboxylic acids is 1. The molecular formula is C6H6O3S. The summed E-state index contributed by atoms with van der Waals surface area (Å²) in [7, 11) is 0. The van der Waals surface area contributed by atoms with E-state index in [0.29, 0.717) is 0 Å². The van der Waals surface area contributed by atoms with Crippen LogP contribution in [0.15, 0.2) is 6.07 Å². The zero-order chi connectivity index (χ0) is 7.72. The quantitative estimate of drug-likeness (QED) is 0.650. The Bertz CT molecular complexity index is 264. The van der Waals surface area contributed by atoms with Crippen LogP contribution in [0.4, 0.5) is 0 Å². The van der Waals surface area contributed by atoms with Gasteiger partial charge in [-0.15, -0.1) is 11.3 Å². The highest BCUT2D eigenvalue weighted by molar-refractivity contribution is 7.14. The highest BCUT2D eigenvalue weighted by Crippen LogP contribution is 2.26. The lowest BCUT2D eigenvalue weighted by molar-refractivity contribution is 0.0699. The zero-order valence-electron chi connectivity index (χ0n) is 5.29. The first kappa shape index (κ1) is 7.08. The number of hydrogen-bond donors (Lipinski definition) is 2. The number of aryl methyl sites for hydroxylation is 1. The number of hydrogen-bond acceptors (Lipinski definition) is 3. The van der Waals surface area contributed by atoms with Crippen LogP contribution in [0.3, 0.4) is 0 Å². The van der Waals surface area contributed by atoms with E-state index in [9.17, 15) is 4.79 Å². The van der Waals surface area contributed by atoms with E-state index in [2.05, 4.69) is 0 Å². The van der Waals surface area contributed by atoms with Crippen molar-refractivity contribution < 1.29 is 15.0 Å². The first-order valence-corrected chi connectivity index (χ1v) is 3.45. The smallest absolute Gasteiger partial charge is 0.349 e.